The molecule has 0 atom stereocenters. The van der Waals surface area contributed by atoms with Gasteiger partial charge in [-0.25, -0.2) is 0 Å². The average molecular weight is 384 g/mol. The van der Waals surface area contributed by atoms with Gasteiger partial charge in [0.1, 0.15) is 5.75 Å². The predicted octanol–water partition coefficient (Wildman–Crippen LogP) is 2.16. The van der Waals surface area contributed by atoms with Crippen LogP contribution in [0.1, 0.15) is 10.4 Å². The van der Waals surface area contributed by atoms with Gasteiger partial charge in [-0.05, 0) is 30.3 Å². The van der Waals surface area contributed by atoms with Gasteiger partial charge in [0.25, 0.3) is 11.6 Å². The Morgan fingerprint density at radius 3 is 2.50 bits per heavy atom. The number of non-ortho nitro benzene ring substituents is 1. The fourth-order valence-electron chi connectivity index (χ4n) is 3.21. The minimum Gasteiger partial charge on any atom is -0.497 e. The van der Waals surface area contributed by atoms with Crippen molar-refractivity contribution in [3.63, 3.8) is 0 Å². The number of nitro groups is 1. The Kier molecular flexibility index (Phi) is 6.44. The maximum atomic E-state index is 12.2. The Labute approximate surface area is 163 Å². The third-order valence-corrected chi connectivity index (χ3v) is 4.84. The van der Waals surface area contributed by atoms with Crippen molar-refractivity contribution in [3.8, 4) is 5.75 Å². The highest BCUT2D eigenvalue weighted by atomic mass is 16.6. The molecule has 8 heteroatoms. The van der Waals surface area contributed by atoms with Crippen LogP contribution in [0.15, 0.2) is 48.5 Å². The normalized spacial score (nSPS) is 14.5. The molecule has 3 rings (SSSR count). The number of rotatable bonds is 7. The first-order chi connectivity index (χ1) is 13.6. The molecule has 0 aromatic heterocycles. The molecule has 0 radical (unpaired) electrons. The summed E-state index contributed by atoms with van der Waals surface area (Å²) in [5, 5.41) is 13.7. The lowest BCUT2D eigenvalue weighted by atomic mass is 10.2. The zero-order valence-electron chi connectivity index (χ0n) is 15.8. The minimum absolute atomic E-state index is 0.0812. The molecule has 2 aromatic rings. The van der Waals surface area contributed by atoms with Crippen molar-refractivity contribution in [2.45, 2.75) is 0 Å². The monoisotopic (exact) mass is 384 g/mol. The van der Waals surface area contributed by atoms with E-state index < -0.39 is 4.92 Å². The van der Waals surface area contributed by atoms with Gasteiger partial charge in [-0.2, -0.15) is 0 Å². The van der Waals surface area contributed by atoms with Gasteiger partial charge < -0.3 is 15.0 Å². The van der Waals surface area contributed by atoms with Crippen LogP contribution in [0.5, 0.6) is 5.75 Å². The van der Waals surface area contributed by atoms with Gasteiger partial charge in [0, 0.05) is 62.7 Å². The Bertz CT molecular complexity index is 817. The van der Waals surface area contributed by atoms with E-state index in [0.717, 1.165) is 38.5 Å². The van der Waals surface area contributed by atoms with E-state index in [1.807, 2.05) is 12.1 Å². The Morgan fingerprint density at radius 1 is 1.14 bits per heavy atom. The molecule has 28 heavy (non-hydrogen) atoms. The van der Waals surface area contributed by atoms with E-state index in [0.29, 0.717) is 12.1 Å². The van der Waals surface area contributed by atoms with Gasteiger partial charge in [0.2, 0.25) is 0 Å². The van der Waals surface area contributed by atoms with Crippen molar-refractivity contribution >= 4 is 17.3 Å². The largest absolute Gasteiger partial charge is 0.497 e. The molecule has 1 fully saturated rings. The number of nitrogens with zero attached hydrogens (tertiary/aromatic N) is 3. The van der Waals surface area contributed by atoms with E-state index in [1.54, 1.807) is 13.2 Å². The molecule has 2 aromatic carbocycles. The van der Waals surface area contributed by atoms with Crippen LogP contribution in [-0.2, 0) is 0 Å². The number of methoxy groups -OCH3 is 1. The van der Waals surface area contributed by atoms with Gasteiger partial charge in [-0.3, -0.25) is 19.8 Å². The first-order valence-corrected chi connectivity index (χ1v) is 9.21. The Hall–Kier alpha value is -3.13. The Balaban J connectivity index is 1.42. The predicted molar refractivity (Wildman–Crippen MR) is 107 cm³/mol. The van der Waals surface area contributed by atoms with Gasteiger partial charge in [-0.15, -0.1) is 0 Å². The number of hydrogen-bond acceptors (Lipinski definition) is 6. The topological polar surface area (TPSA) is 88.0 Å². The molecule has 8 nitrogen and oxygen atoms in total. The second-order valence-corrected chi connectivity index (χ2v) is 6.59. The number of nitro benzene ring substituents is 1. The lowest BCUT2D eigenvalue weighted by molar-refractivity contribution is -0.384. The number of amides is 1. The summed E-state index contributed by atoms with van der Waals surface area (Å²) in [4.78, 5) is 27.1. The summed E-state index contributed by atoms with van der Waals surface area (Å²) < 4.78 is 5.19. The highest BCUT2D eigenvalue weighted by molar-refractivity contribution is 5.94. The maximum absolute atomic E-state index is 12.2. The van der Waals surface area contributed by atoms with E-state index in [4.69, 9.17) is 4.74 Å². The van der Waals surface area contributed by atoms with E-state index in [2.05, 4.69) is 27.2 Å². The second-order valence-electron chi connectivity index (χ2n) is 6.59. The minimum atomic E-state index is -0.501. The number of hydrogen-bond donors (Lipinski definition) is 1. The zero-order chi connectivity index (χ0) is 19.9. The fourth-order valence-corrected chi connectivity index (χ4v) is 3.21. The van der Waals surface area contributed by atoms with Crippen molar-refractivity contribution in [1.82, 2.24) is 10.2 Å². The van der Waals surface area contributed by atoms with Crippen LogP contribution in [-0.4, -0.2) is 62.1 Å². The molecule has 1 amide bonds. The molecule has 1 N–H and O–H groups in total. The fraction of sp³-hybridized carbons (Fsp3) is 0.350. The molecule has 1 aliphatic heterocycles. The summed E-state index contributed by atoms with van der Waals surface area (Å²) in [6.07, 6.45) is 0. The number of carbonyl (C=O) groups is 1. The standard InChI is InChI=1S/C20H24N4O4/c1-28-19-7-5-17(6-8-19)23-13-11-22(12-14-23)10-9-21-20(25)16-3-2-4-18(15-16)24(26)27/h2-8,15H,9-14H2,1H3,(H,21,25). The number of anilines is 1. The smallest absolute Gasteiger partial charge is 0.270 e. The summed E-state index contributed by atoms with van der Waals surface area (Å²) in [5.41, 5.74) is 1.40. The van der Waals surface area contributed by atoms with Gasteiger partial charge in [-0.1, -0.05) is 6.07 Å². The molecule has 1 saturated heterocycles. The van der Waals surface area contributed by atoms with E-state index in [9.17, 15) is 14.9 Å². The third kappa shape index (κ3) is 4.98. The zero-order valence-corrected chi connectivity index (χ0v) is 15.8. The summed E-state index contributed by atoms with van der Waals surface area (Å²) in [7, 11) is 1.66. The summed E-state index contributed by atoms with van der Waals surface area (Å²) in [6.45, 7) is 4.93. The first kappa shape index (κ1) is 19.6. The van der Waals surface area contributed by atoms with Crippen molar-refractivity contribution in [2.24, 2.45) is 0 Å². The molecule has 0 saturated carbocycles. The van der Waals surface area contributed by atoms with E-state index in [1.165, 1.54) is 23.9 Å². The lowest BCUT2D eigenvalue weighted by Gasteiger charge is -2.36. The molecule has 1 aliphatic rings. The van der Waals surface area contributed by atoms with Gasteiger partial charge in [0.15, 0.2) is 0 Å². The number of carbonyl (C=O) groups excluding carboxylic acids is 1. The van der Waals surface area contributed by atoms with E-state index in [-0.39, 0.29) is 11.6 Å². The van der Waals surface area contributed by atoms with Crippen LogP contribution in [0.3, 0.4) is 0 Å². The van der Waals surface area contributed by atoms with Gasteiger partial charge >= 0.3 is 0 Å². The molecule has 1 heterocycles. The maximum Gasteiger partial charge on any atom is 0.270 e. The van der Waals surface area contributed by atoms with Crippen LogP contribution in [0.25, 0.3) is 0 Å². The van der Waals surface area contributed by atoms with Crippen LogP contribution in [0, 0.1) is 10.1 Å². The number of nitrogens with one attached hydrogen (secondary N) is 1. The summed E-state index contributed by atoms with van der Waals surface area (Å²) >= 11 is 0. The highest BCUT2D eigenvalue weighted by Gasteiger charge is 2.17. The quantitative estimate of drug-likeness (QED) is 0.581. The molecule has 0 bridgehead atoms. The lowest BCUT2D eigenvalue weighted by Crippen LogP contribution is -2.48. The molecule has 0 unspecified atom stereocenters. The number of benzene rings is 2. The van der Waals surface area contributed by atoms with Gasteiger partial charge in [0.05, 0.1) is 12.0 Å². The summed E-state index contributed by atoms with van der Waals surface area (Å²) in [5.74, 6) is 0.558. The van der Waals surface area contributed by atoms with E-state index >= 15 is 0 Å². The Morgan fingerprint density at radius 2 is 1.86 bits per heavy atom. The van der Waals surface area contributed by atoms with Crippen LogP contribution in [0.2, 0.25) is 0 Å². The van der Waals surface area contributed by atoms with Crippen molar-refractivity contribution in [3.05, 3.63) is 64.2 Å². The molecular formula is C20H24N4O4. The summed E-state index contributed by atoms with van der Waals surface area (Å²) in [6, 6.07) is 13.8. The average Bonchev–Trinajstić information content (AvgIpc) is 2.74. The molecule has 148 valence electrons. The third-order valence-electron chi connectivity index (χ3n) is 4.84. The first-order valence-electron chi connectivity index (χ1n) is 9.21. The molecule has 0 aliphatic carbocycles. The molecular weight excluding hydrogens is 360 g/mol. The number of piperazine rings is 1. The highest BCUT2D eigenvalue weighted by Crippen LogP contribution is 2.20. The second kappa shape index (κ2) is 9.18. The van der Waals surface area contributed by atoms with Crippen molar-refractivity contribution < 1.29 is 14.5 Å². The molecule has 0 spiro atoms. The van der Waals surface area contributed by atoms with Crippen LogP contribution >= 0.6 is 0 Å². The van der Waals surface area contributed by atoms with Crippen molar-refractivity contribution in [1.29, 1.82) is 0 Å². The SMILES string of the molecule is COc1ccc(N2CCN(CCNC(=O)c3cccc([N+](=O)[O-])c3)CC2)cc1. The van der Waals surface area contributed by atoms with Crippen LogP contribution in [0.4, 0.5) is 11.4 Å². The van der Waals surface area contributed by atoms with Crippen molar-refractivity contribution in [2.75, 3.05) is 51.3 Å². The number of ether oxygens (including phenoxy) is 1. The van der Waals surface area contributed by atoms with Crippen LogP contribution < -0.4 is 15.0 Å².